The molecule has 0 aromatic heterocycles. The third kappa shape index (κ3) is 3.24. The van der Waals surface area contributed by atoms with Crippen molar-refractivity contribution in [2.45, 2.75) is 25.8 Å². The summed E-state index contributed by atoms with van der Waals surface area (Å²) in [5.41, 5.74) is 1.03. The van der Waals surface area contributed by atoms with Gasteiger partial charge in [-0.05, 0) is 37.0 Å². The molecule has 118 valence electrons. The minimum atomic E-state index is -0.133. The number of amides is 2. The van der Waals surface area contributed by atoms with Gasteiger partial charge >= 0.3 is 0 Å². The summed E-state index contributed by atoms with van der Waals surface area (Å²) >= 11 is 0. The molecule has 1 heterocycles. The Balaban J connectivity index is 1.45. The molecule has 3 rings (SSSR count). The van der Waals surface area contributed by atoms with Crippen molar-refractivity contribution in [3.8, 4) is 5.75 Å². The van der Waals surface area contributed by atoms with E-state index in [4.69, 9.17) is 4.74 Å². The third-order valence-electron chi connectivity index (χ3n) is 4.49. The second-order valence-corrected chi connectivity index (χ2v) is 6.05. The van der Waals surface area contributed by atoms with Gasteiger partial charge in [-0.25, -0.2) is 0 Å². The van der Waals surface area contributed by atoms with Gasteiger partial charge in [-0.15, -0.1) is 0 Å². The Hall–Kier alpha value is -2.04. The molecule has 0 bridgehead atoms. The van der Waals surface area contributed by atoms with E-state index in [1.807, 2.05) is 29.2 Å². The quantitative estimate of drug-likeness (QED) is 0.898. The summed E-state index contributed by atoms with van der Waals surface area (Å²) in [4.78, 5) is 26.2. The predicted octanol–water partition coefficient (Wildman–Crippen LogP) is 1.57. The lowest BCUT2D eigenvalue weighted by Crippen LogP contribution is -2.32. The SMILES string of the molecule is COc1ccc(CNC(=O)C2CC2C(=O)N2CCCC2)cc1. The first-order valence-electron chi connectivity index (χ1n) is 7.88. The molecule has 1 aromatic rings. The van der Waals surface area contributed by atoms with E-state index in [9.17, 15) is 9.59 Å². The van der Waals surface area contributed by atoms with Gasteiger partial charge in [0.1, 0.15) is 5.75 Å². The van der Waals surface area contributed by atoms with Crippen LogP contribution in [0.4, 0.5) is 0 Å². The van der Waals surface area contributed by atoms with Crippen LogP contribution in [0, 0.1) is 11.8 Å². The summed E-state index contributed by atoms with van der Waals surface area (Å²) in [6.07, 6.45) is 2.88. The van der Waals surface area contributed by atoms with Crippen LogP contribution in [0.5, 0.6) is 5.75 Å². The van der Waals surface area contributed by atoms with Crippen LogP contribution in [0.2, 0.25) is 0 Å². The number of nitrogens with one attached hydrogen (secondary N) is 1. The highest BCUT2D eigenvalue weighted by atomic mass is 16.5. The highest BCUT2D eigenvalue weighted by molar-refractivity contribution is 5.92. The van der Waals surface area contributed by atoms with Crippen molar-refractivity contribution < 1.29 is 14.3 Å². The highest BCUT2D eigenvalue weighted by Crippen LogP contribution is 2.40. The summed E-state index contributed by atoms with van der Waals surface area (Å²) in [5.74, 6) is 0.740. The zero-order chi connectivity index (χ0) is 15.5. The fourth-order valence-corrected chi connectivity index (χ4v) is 2.99. The Morgan fingerprint density at radius 3 is 2.50 bits per heavy atom. The van der Waals surface area contributed by atoms with Gasteiger partial charge in [-0.1, -0.05) is 12.1 Å². The Morgan fingerprint density at radius 2 is 1.86 bits per heavy atom. The number of benzene rings is 1. The average Bonchev–Trinajstić information content (AvgIpc) is 3.17. The molecule has 2 aliphatic rings. The molecule has 5 heteroatoms. The van der Waals surface area contributed by atoms with Crippen molar-refractivity contribution in [2.24, 2.45) is 11.8 Å². The number of hydrogen-bond donors (Lipinski definition) is 1. The molecule has 0 radical (unpaired) electrons. The van der Waals surface area contributed by atoms with Crippen LogP contribution in [0.15, 0.2) is 24.3 Å². The summed E-state index contributed by atoms with van der Waals surface area (Å²) in [6.45, 7) is 2.20. The van der Waals surface area contributed by atoms with Crippen LogP contribution in [0.1, 0.15) is 24.8 Å². The minimum absolute atomic E-state index is 0.00614. The number of ether oxygens (including phenoxy) is 1. The number of carbonyl (C=O) groups is 2. The molecule has 1 aromatic carbocycles. The van der Waals surface area contributed by atoms with E-state index >= 15 is 0 Å². The van der Waals surface area contributed by atoms with Crippen LogP contribution in [0.25, 0.3) is 0 Å². The Kier molecular flexibility index (Phi) is 4.32. The molecule has 2 atom stereocenters. The van der Waals surface area contributed by atoms with Gasteiger partial charge < -0.3 is 15.0 Å². The summed E-state index contributed by atoms with van der Waals surface area (Å²) < 4.78 is 5.10. The lowest BCUT2D eigenvalue weighted by atomic mass is 10.2. The minimum Gasteiger partial charge on any atom is -0.497 e. The van der Waals surface area contributed by atoms with Gasteiger partial charge in [0, 0.05) is 19.6 Å². The topological polar surface area (TPSA) is 58.6 Å². The smallest absolute Gasteiger partial charge is 0.226 e. The average molecular weight is 302 g/mol. The van der Waals surface area contributed by atoms with E-state index in [0.717, 1.165) is 37.2 Å². The van der Waals surface area contributed by atoms with Crippen molar-refractivity contribution in [1.82, 2.24) is 10.2 Å². The summed E-state index contributed by atoms with van der Waals surface area (Å²) in [5, 5.41) is 2.92. The molecule has 1 N–H and O–H groups in total. The Morgan fingerprint density at radius 1 is 1.18 bits per heavy atom. The molecule has 0 spiro atoms. The van der Waals surface area contributed by atoms with Crippen LogP contribution in [0.3, 0.4) is 0 Å². The van der Waals surface area contributed by atoms with Gasteiger partial charge in [-0.3, -0.25) is 9.59 Å². The predicted molar refractivity (Wildman–Crippen MR) is 82.3 cm³/mol. The second kappa shape index (κ2) is 6.38. The van der Waals surface area contributed by atoms with Crippen molar-refractivity contribution >= 4 is 11.8 Å². The molecule has 1 saturated heterocycles. The van der Waals surface area contributed by atoms with Gasteiger partial charge in [-0.2, -0.15) is 0 Å². The molecular weight excluding hydrogens is 280 g/mol. The van der Waals surface area contributed by atoms with Crippen molar-refractivity contribution in [1.29, 1.82) is 0 Å². The number of methoxy groups -OCH3 is 1. The lowest BCUT2D eigenvalue weighted by molar-refractivity contribution is -0.133. The van der Waals surface area contributed by atoms with E-state index in [-0.39, 0.29) is 23.7 Å². The standard InChI is InChI=1S/C17H22N2O3/c1-22-13-6-4-12(5-7-13)11-18-16(20)14-10-15(14)17(21)19-8-2-3-9-19/h4-7,14-15H,2-3,8-11H2,1H3,(H,18,20). The van der Waals surface area contributed by atoms with Gasteiger partial charge in [0.05, 0.1) is 18.9 Å². The first kappa shape index (κ1) is 14.9. The van der Waals surface area contributed by atoms with Crippen molar-refractivity contribution in [3.63, 3.8) is 0 Å². The molecule has 1 aliphatic heterocycles. The van der Waals surface area contributed by atoms with Gasteiger partial charge in [0.15, 0.2) is 0 Å². The van der Waals surface area contributed by atoms with E-state index in [2.05, 4.69) is 5.32 Å². The molecule has 5 nitrogen and oxygen atoms in total. The maximum Gasteiger partial charge on any atom is 0.226 e. The zero-order valence-corrected chi connectivity index (χ0v) is 12.9. The summed E-state index contributed by atoms with van der Waals surface area (Å²) in [6, 6.07) is 7.61. The Bertz CT molecular complexity index is 550. The van der Waals surface area contributed by atoms with Crippen LogP contribution in [-0.4, -0.2) is 36.9 Å². The van der Waals surface area contributed by atoms with E-state index in [1.165, 1.54) is 0 Å². The van der Waals surface area contributed by atoms with Crippen molar-refractivity contribution in [3.05, 3.63) is 29.8 Å². The van der Waals surface area contributed by atoms with Crippen LogP contribution < -0.4 is 10.1 Å². The zero-order valence-electron chi connectivity index (χ0n) is 12.9. The molecule has 2 amide bonds. The van der Waals surface area contributed by atoms with E-state index < -0.39 is 0 Å². The molecular formula is C17H22N2O3. The fourth-order valence-electron chi connectivity index (χ4n) is 2.99. The molecule has 2 unspecified atom stereocenters. The van der Waals surface area contributed by atoms with Crippen LogP contribution in [-0.2, 0) is 16.1 Å². The van der Waals surface area contributed by atoms with Crippen molar-refractivity contribution in [2.75, 3.05) is 20.2 Å². The first-order valence-corrected chi connectivity index (χ1v) is 7.88. The maximum atomic E-state index is 12.2. The number of rotatable bonds is 5. The highest BCUT2D eigenvalue weighted by Gasteiger charge is 2.49. The molecule has 1 saturated carbocycles. The number of carbonyl (C=O) groups excluding carboxylic acids is 2. The monoisotopic (exact) mass is 302 g/mol. The maximum absolute atomic E-state index is 12.2. The molecule has 2 fully saturated rings. The van der Waals surface area contributed by atoms with Gasteiger partial charge in [0.25, 0.3) is 0 Å². The van der Waals surface area contributed by atoms with E-state index in [0.29, 0.717) is 13.0 Å². The lowest BCUT2D eigenvalue weighted by Gasteiger charge is -2.14. The second-order valence-electron chi connectivity index (χ2n) is 6.05. The van der Waals surface area contributed by atoms with Crippen LogP contribution >= 0.6 is 0 Å². The summed E-state index contributed by atoms with van der Waals surface area (Å²) in [7, 11) is 1.63. The Labute approximate surface area is 130 Å². The third-order valence-corrected chi connectivity index (χ3v) is 4.49. The fraction of sp³-hybridized carbons (Fsp3) is 0.529. The number of hydrogen-bond acceptors (Lipinski definition) is 3. The number of likely N-dealkylation sites (tertiary alicyclic amines) is 1. The first-order chi connectivity index (χ1) is 10.7. The molecule has 22 heavy (non-hydrogen) atoms. The molecule has 1 aliphatic carbocycles. The van der Waals surface area contributed by atoms with E-state index in [1.54, 1.807) is 7.11 Å². The largest absolute Gasteiger partial charge is 0.497 e. The van der Waals surface area contributed by atoms with Gasteiger partial charge in [0.2, 0.25) is 11.8 Å². The number of nitrogens with zero attached hydrogens (tertiary/aromatic N) is 1. The normalized spacial score (nSPS) is 23.2.